The average Bonchev–Trinajstić information content (AvgIpc) is 2.43. The molecule has 3 rings (SSSR count). The monoisotopic (exact) mass is 290 g/mol. The van der Waals surface area contributed by atoms with E-state index in [2.05, 4.69) is 0 Å². The quantitative estimate of drug-likeness (QED) is 0.903. The van der Waals surface area contributed by atoms with Gasteiger partial charge in [-0.25, -0.2) is 9.59 Å². The summed E-state index contributed by atoms with van der Waals surface area (Å²) in [6, 6.07) is 7.14. The number of carbonyl (C=O) groups is 2. The van der Waals surface area contributed by atoms with Crippen molar-refractivity contribution >= 4 is 17.7 Å². The van der Waals surface area contributed by atoms with Crippen LogP contribution in [0.2, 0.25) is 0 Å². The fraction of sp³-hybridized carbons (Fsp3) is 0.467. The summed E-state index contributed by atoms with van der Waals surface area (Å²) < 4.78 is 5.44. The molecule has 2 amide bonds. The predicted molar refractivity (Wildman–Crippen MR) is 76.6 cm³/mol. The van der Waals surface area contributed by atoms with E-state index < -0.39 is 12.1 Å². The van der Waals surface area contributed by atoms with Crippen molar-refractivity contribution in [2.75, 3.05) is 18.5 Å². The van der Waals surface area contributed by atoms with E-state index in [1.54, 1.807) is 30.1 Å². The number of rotatable bonds is 2. The van der Waals surface area contributed by atoms with E-state index in [1.165, 1.54) is 4.90 Å². The van der Waals surface area contributed by atoms with Crippen molar-refractivity contribution in [2.45, 2.75) is 31.4 Å². The molecular weight excluding hydrogens is 272 g/mol. The van der Waals surface area contributed by atoms with E-state index in [0.717, 1.165) is 19.3 Å². The Morgan fingerprint density at radius 3 is 2.67 bits per heavy atom. The summed E-state index contributed by atoms with van der Waals surface area (Å²) in [6.07, 6.45) is 2.13. The number of aliphatic carboxylic acids is 1. The van der Waals surface area contributed by atoms with E-state index in [0.29, 0.717) is 11.4 Å². The van der Waals surface area contributed by atoms with E-state index in [4.69, 9.17) is 4.74 Å². The van der Waals surface area contributed by atoms with Gasteiger partial charge in [-0.3, -0.25) is 4.90 Å². The number of para-hydroxylation sites is 2. The molecule has 2 aliphatic rings. The second-order valence-corrected chi connectivity index (χ2v) is 5.50. The van der Waals surface area contributed by atoms with Crippen LogP contribution in [0.5, 0.6) is 5.75 Å². The van der Waals surface area contributed by atoms with Crippen molar-refractivity contribution in [1.29, 1.82) is 0 Å². The Bertz CT molecular complexity index is 571. The standard InChI is InChI=1S/C15H18N2O4/c1-16(10-5-4-6-10)15(20)17-9-13(14(18)19)21-12-8-3-2-7-11(12)17/h2-3,7-8,10,13H,4-6,9H2,1H3,(H,18,19). The summed E-state index contributed by atoms with van der Waals surface area (Å²) >= 11 is 0. The molecule has 0 saturated heterocycles. The highest BCUT2D eigenvalue weighted by Crippen LogP contribution is 2.35. The molecule has 0 aromatic heterocycles. The molecule has 21 heavy (non-hydrogen) atoms. The van der Waals surface area contributed by atoms with E-state index in [9.17, 15) is 14.7 Å². The largest absolute Gasteiger partial charge is 0.478 e. The summed E-state index contributed by atoms with van der Waals surface area (Å²) in [7, 11) is 1.78. The molecule has 1 aliphatic carbocycles. The van der Waals surface area contributed by atoms with Crippen molar-refractivity contribution < 1.29 is 19.4 Å². The minimum atomic E-state index is -1.06. The fourth-order valence-corrected chi connectivity index (χ4v) is 2.66. The second-order valence-electron chi connectivity index (χ2n) is 5.50. The van der Waals surface area contributed by atoms with Crippen LogP contribution in [0.4, 0.5) is 10.5 Å². The lowest BCUT2D eigenvalue weighted by atomic mass is 9.92. The zero-order chi connectivity index (χ0) is 15.0. The van der Waals surface area contributed by atoms with Crippen LogP contribution in [0, 0.1) is 0 Å². The lowest BCUT2D eigenvalue weighted by Crippen LogP contribution is -2.54. The molecule has 1 aliphatic heterocycles. The van der Waals surface area contributed by atoms with Crippen LogP contribution in [0.3, 0.4) is 0 Å². The third-order valence-corrected chi connectivity index (χ3v) is 4.20. The van der Waals surface area contributed by atoms with Crippen molar-refractivity contribution in [1.82, 2.24) is 4.90 Å². The van der Waals surface area contributed by atoms with Crippen molar-refractivity contribution in [2.24, 2.45) is 0 Å². The van der Waals surface area contributed by atoms with Crippen molar-refractivity contribution in [3.05, 3.63) is 24.3 Å². The van der Waals surface area contributed by atoms with Crippen molar-refractivity contribution in [3.8, 4) is 5.75 Å². The molecular formula is C15H18N2O4. The Balaban J connectivity index is 1.88. The molecule has 1 unspecified atom stereocenters. The molecule has 112 valence electrons. The summed E-state index contributed by atoms with van der Waals surface area (Å²) in [4.78, 5) is 27.1. The van der Waals surface area contributed by atoms with Gasteiger partial charge in [-0.05, 0) is 31.4 Å². The maximum atomic E-state index is 12.7. The Kier molecular flexibility index (Phi) is 3.45. The lowest BCUT2D eigenvalue weighted by Gasteiger charge is -2.40. The zero-order valence-electron chi connectivity index (χ0n) is 11.9. The first-order chi connectivity index (χ1) is 10.1. The maximum absolute atomic E-state index is 12.7. The third kappa shape index (κ3) is 2.41. The molecule has 0 bridgehead atoms. The first-order valence-electron chi connectivity index (χ1n) is 7.10. The number of carboxylic acid groups (broad SMARTS) is 1. The average molecular weight is 290 g/mol. The first kappa shape index (κ1) is 13.7. The number of amides is 2. The van der Waals surface area contributed by atoms with Gasteiger partial charge in [0.15, 0.2) is 0 Å². The third-order valence-electron chi connectivity index (χ3n) is 4.20. The molecule has 1 saturated carbocycles. The molecule has 0 spiro atoms. The highest BCUT2D eigenvalue weighted by molar-refractivity contribution is 5.95. The fourth-order valence-electron chi connectivity index (χ4n) is 2.66. The molecule has 1 atom stereocenters. The van der Waals surface area contributed by atoms with E-state index in [1.807, 2.05) is 6.07 Å². The summed E-state index contributed by atoms with van der Waals surface area (Å²) in [5.41, 5.74) is 0.631. The number of ether oxygens (including phenoxy) is 1. The molecule has 1 fully saturated rings. The summed E-state index contributed by atoms with van der Waals surface area (Å²) in [5.74, 6) is -0.625. The van der Waals surface area contributed by atoms with Gasteiger partial charge in [0.1, 0.15) is 5.75 Å². The van der Waals surface area contributed by atoms with Gasteiger partial charge in [-0.1, -0.05) is 12.1 Å². The molecule has 6 nitrogen and oxygen atoms in total. The van der Waals surface area contributed by atoms with Crippen molar-refractivity contribution in [3.63, 3.8) is 0 Å². The van der Waals surface area contributed by atoms with Crippen LogP contribution in [-0.4, -0.2) is 47.7 Å². The van der Waals surface area contributed by atoms with Crippen LogP contribution >= 0.6 is 0 Å². The number of urea groups is 1. The first-order valence-corrected chi connectivity index (χ1v) is 7.10. The van der Waals surface area contributed by atoms with Gasteiger partial charge in [0.05, 0.1) is 12.2 Å². The number of fused-ring (bicyclic) bond motifs is 1. The second kappa shape index (κ2) is 5.27. The maximum Gasteiger partial charge on any atom is 0.346 e. The van der Waals surface area contributed by atoms with Gasteiger partial charge in [0.25, 0.3) is 0 Å². The van der Waals surface area contributed by atoms with Gasteiger partial charge in [-0.15, -0.1) is 0 Å². The van der Waals surface area contributed by atoms with Gasteiger partial charge >= 0.3 is 12.0 Å². The van der Waals surface area contributed by atoms with Crippen LogP contribution in [0.25, 0.3) is 0 Å². The summed E-state index contributed by atoms with van der Waals surface area (Å²) in [5, 5.41) is 9.19. The topological polar surface area (TPSA) is 70.1 Å². The Hall–Kier alpha value is -2.24. The zero-order valence-corrected chi connectivity index (χ0v) is 11.9. The van der Waals surface area contributed by atoms with Crippen LogP contribution in [0.1, 0.15) is 19.3 Å². The number of benzene rings is 1. The number of nitrogens with zero attached hydrogens (tertiary/aromatic N) is 2. The number of carbonyl (C=O) groups excluding carboxylic acids is 1. The molecule has 1 heterocycles. The molecule has 1 aromatic rings. The van der Waals surface area contributed by atoms with Gasteiger partial charge < -0.3 is 14.7 Å². The van der Waals surface area contributed by atoms with E-state index >= 15 is 0 Å². The SMILES string of the molecule is CN(C(=O)N1CC(C(=O)O)Oc2ccccc21)C1CCC1. The highest BCUT2D eigenvalue weighted by atomic mass is 16.5. The lowest BCUT2D eigenvalue weighted by molar-refractivity contribution is -0.144. The molecule has 1 N–H and O–H groups in total. The van der Waals surface area contributed by atoms with Crippen LogP contribution < -0.4 is 9.64 Å². The normalized spacial score (nSPS) is 21.0. The molecule has 1 aromatic carbocycles. The van der Waals surface area contributed by atoms with Gasteiger partial charge in [0.2, 0.25) is 6.10 Å². The number of hydrogen-bond donors (Lipinski definition) is 1. The highest BCUT2D eigenvalue weighted by Gasteiger charge is 2.37. The Morgan fingerprint density at radius 2 is 2.05 bits per heavy atom. The number of hydrogen-bond acceptors (Lipinski definition) is 3. The minimum Gasteiger partial charge on any atom is -0.478 e. The van der Waals surface area contributed by atoms with Gasteiger partial charge in [0, 0.05) is 13.1 Å². The van der Waals surface area contributed by atoms with Gasteiger partial charge in [-0.2, -0.15) is 0 Å². The Morgan fingerprint density at radius 1 is 1.33 bits per heavy atom. The minimum absolute atomic E-state index is 0.0300. The van der Waals surface area contributed by atoms with Crippen LogP contribution in [-0.2, 0) is 4.79 Å². The predicted octanol–water partition coefficient (Wildman–Crippen LogP) is 1.94. The smallest absolute Gasteiger partial charge is 0.346 e. The van der Waals surface area contributed by atoms with Crippen LogP contribution in [0.15, 0.2) is 24.3 Å². The molecule has 6 heteroatoms. The van der Waals surface area contributed by atoms with E-state index in [-0.39, 0.29) is 18.6 Å². The molecule has 0 radical (unpaired) electrons. The summed E-state index contributed by atoms with van der Waals surface area (Å²) in [6.45, 7) is 0.0300. The number of anilines is 1. The Labute approximate surface area is 122 Å². The number of carboxylic acids is 1.